The number of carbonyl (C=O) groups excluding carboxylic acids is 3. The van der Waals surface area contributed by atoms with Crippen molar-refractivity contribution >= 4 is 17.8 Å². The van der Waals surface area contributed by atoms with Crippen LogP contribution in [-0.4, -0.2) is 37.0 Å². The molecule has 0 bridgehead atoms. The molecule has 0 unspecified atom stereocenters. The molecular formula is C18H25FN2O4. The zero-order valence-corrected chi connectivity index (χ0v) is 14.8. The molecular weight excluding hydrogens is 327 g/mol. The maximum atomic E-state index is 13.8. The van der Waals surface area contributed by atoms with Crippen LogP contribution in [0.25, 0.3) is 0 Å². The van der Waals surface area contributed by atoms with Gasteiger partial charge in [-0.3, -0.25) is 9.59 Å². The molecule has 2 atom stereocenters. The van der Waals surface area contributed by atoms with Crippen LogP contribution in [0.2, 0.25) is 0 Å². The average Bonchev–Trinajstić information content (AvgIpc) is 2.58. The number of methoxy groups -OCH3 is 1. The van der Waals surface area contributed by atoms with E-state index in [2.05, 4.69) is 10.6 Å². The second-order valence-electron chi connectivity index (χ2n) is 5.78. The topological polar surface area (TPSA) is 84.5 Å². The Kier molecular flexibility index (Phi) is 8.60. The predicted molar refractivity (Wildman–Crippen MR) is 91.2 cm³/mol. The molecule has 6 nitrogen and oxygen atoms in total. The van der Waals surface area contributed by atoms with Crippen molar-refractivity contribution in [2.45, 2.75) is 51.6 Å². The Balaban J connectivity index is 2.89. The molecule has 0 saturated carbocycles. The predicted octanol–water partition coefficient (Wildman–Crippen LogP) is 1.72. The third-order valence-corrected chi connectivity index (χ3v) is 3.72. The summed E-state index contributed by atoms with van der Waals surface area (Å²) in [6, 6.07) is 4.25. The van der Waals surface area contributed by atoms with Gasteiger partial charge in [0.2, 0.25) is 11.8 Å². The fourth-order valence-corrected chi connectivity index (χ4v) is 2.41. The van der Waals surface area contributed by atoms with E-state index in [0.717, 1.165) is 12.8 Å². The van der Waals surface area contributed by atoms with Crippen molar-refractivity contribution in [3.8, 4) is 0 Å². The van der Waals surface area contributed by atoms with Crippen LogP contribution in [0.5, 0.6) is 0 Å². The number of ether oxygens (including phenoxy) is 1. The van der Waals surface area contributed by atoms with Gasteiger partial charge >= 0.3 is 5.97 Å². The number of carbonyl (C=O) groups is 3. The largest absolute Gasteiger partial charge is 0.467 e. The summed E-state index contributed by atoms with van der Waals surface area (Å²) in [5, 5.41) is 5.10. The number of halogens is 1. The molecule has 2 N–H and O–H groups in total. The molecule has 1 aromatic rings. The zero-order valence-electron chi connectivity index (χ0n) is 14.8. The number of esters is 1. The van der Waals surface area contributed by atoms with E-state index in [0.29, 0.717) is 12.0 Å². The summed E-state index contributed by atoms with van der Waals surface area (Å²) in [5.74, 6) is -1.97. The Morgan fingerprint density at radius 1 is 1.16 bits per heavy atom. The van der Waals surface area contributed by atoms with Crippen molar-refractivity contribution in [3.63, 3.8) is 0 Å². The average molecular weight is 352 g/mol. The van der Waals surface area contributed by atoms with Crippen LogP contribution in [-0.2, 0) is 25.5 Å². The molecule has 1 rings (SSSR count). The van der Waals surface area contributed by atoms with E-state index < -0.39 is 35.7 Å². The van der Waals surface area contributed by atoms with Gasteiger partial charge in [-0.1, -0.05) is 38.0 Å². The standard InChI is InChI=1S/C18H25FN2O4/c1-4-5-10-15(18(24)25-3)21-17(23)16(20-12(2)22)11-13-8-6-7-9-14(13)19/h6-9,15-16H,4-5,10-11H2,1-3H3,(H,20,22)(H,21,23)/t15-,16-/m1/s1. The summed E-state index contributed by atoms with van der Waals surface area (Å²) in [6.45, 7) is 3.24. The van der Waals surface area contributed by atoms with Gasteiger partial charge in [0, 0.05) is 13.3 Å². The second-order valence-corrected chi connectivity index (χ2v) is 5.78. The van der Waals surface area contributed by atoms with Crippen molar-refractivity contribution in [1.82, 2.24) is 10.6 Å². The molecule has 0 aliphatic rings. The minimum Gasteiger partial charge on any atom is -0.467 e. The van der Waals surface area contributed by atoms with Crippen LogP contribution in [0.4, 0.5) is 4.39 Å². The van der Waals surface area contributed by atoms with Gasteiger partial charge in [0.25, 0.3) is 0 Å². The molecule has 7 heteroatoms. The van der Waals surface area contributed by atoms with Crippen LogP contribution in [0.1, 0.15) is 38.7 Å². The number of hydrogen-bond acceptors (Lipinski definition) is 4. The minimum atomic E-state index is -0.983. The Hall–Kier alpha value is -2.44. The van der Waals surface area contributed by atoms with E-state index >= 15 is 0 Å². The Bertz CT molecular complexity index is 606. The minimum absolute atomic E-state index is 0.0141. The fraction of sp³-hybridized carbons (Fsp3) is 0.500. The highest BCUT2D eigenvalue weighted by Gasteiger charge is 2.27. The van der Waals surface area contributed by atoms with E-state index in [4.69, 9.17) is 4.74 Å². The monoisotopic (exact) mass is 352 g/mol. The first kappa shape index (κ1) is 20.6. The molecule has 0 radical (unpaired) electrons. The molecule has 0 fully saturated rings. The van der Waals surface area contributed by atoms with Crippen LogP contribution >= 0.6 is 0 Å². The van der Waals surface area contributed by atoms with Gasteiger partial charge in [0.1, 0.15) is 17.9 Å². The van der Waals surface area contributed by atoms with E-state index in [1.165, 1.54) is 20.1 Å². The van der Waals surface area contributed by atoms with Gasteiger partial charge in [0.15, 0.2) is 0 Å². The SMILES string of the molecule is CCCC[C@@H](NC(=O)[C@@H](Cc1ccccc1F)NC(C)=O)C(=O)OC. The van der Waals surface area contributed by atoms with Crippen LogP contribution in [0.3, 0.4) is 0 Å². The molecule has 0 spiro atoms. The second kappa shape index (κ2) is 10.4. The highest BCUT2D eigenvalue weighted by atomic mass is 19.1. The highest BCUT2D eigenvalue weighted by Crippen LogP contribution is 2.10. The van der Waals surface area contributed by atoms with E-state index in [-0.39, 0.29) is 6.42 Å². The molecule has 25 heavy (non-hydrogen) atoms. The van der Waals surface area contributed by atoms with Crippen LogP contribution in [0.15, 0.2) is 24.3 Å². The number of amides is 2. The van der Waals surface area contributed by atoms with Crippen LogP contribution in [0, 0.1) is 5.82 Å². The molecule has 2 amide bonds. The molecule has 0 heterocycles. The summed E-state index contributed by atoms with van der Waals surface area (Å²) >= 11 is 0. The number of nitrogens with one attached hydrogen (secondary N) is 2. The number of hydrogen-bond donors (Lipinski definition) is 2. The molecule has 0 aromatic heterocycles. The summed E-state index contributed by atoms with van der Waals surface area (Å²) in [5.41, 5.74) is 0.305. The lowest BCUT2D eigenvalue weighted by atomic mass is 10.0. The van der Waals surface area contributed by atoms with Gasteiger partial charge in [0.05, 0.1) is 7.11 Å². The lowest BCUT2D eigenvalue weighted by Gasteiger charge is -2.22. The number of rotatable bonds is 9. The quantitative estimate of drug-likeness (QED) is 0.663. The molecule has 138 valence electrons. The third kappa shape index (κ3) is 6.91. The normalized spacial score (nSPS) is 12.8. The Morgan fingerprint density at radius 3 is 2.40 bits per heavy atom. The highest BCUT2D eigenvalue weighted by molar-refractivity contribution is 5.90. The first-order valence-electron chi connectivity index (χ1n) is 8.27. The third-order valence-electron chi connectivity index (χ3n) is 3.72. The lowest BCUT2D eigenvalue weighted by Crippen LogP contribution is -2.52. The van der Waals surface area contributed by atoms with Crippen molar-refractivity contribution < 1.29 is 23.5 Å². The van der Waals surface area contributed by atoms with Crippen molar-refractivity contribution in [2.75, 3.05) is 7.11 Å². The van der Waals surface area contributed by atoms with Gasteiger partial charge in [-0.2, -0.15) is 0 Å². The lowest BCUT2D eigenvalue weighted by molar-refractivity contribution is -0.145. The van der Waals surface area contributed by atoms with Gasteiger partial charge in [-0.05, 0) is 18.1 Å². The summed E-state index contributed by atoms with van der Waals surface area (Å²) in [7, 11) is 1.25. The van der Waals surface area contributed by atoms with Crippen molar-refractivity contribution in [3.05, 3.63) is 35.6 Å². The van der Waals surface area contributed by atoms with Gasteiger partial charge < -0.3 is 15.4 Å². The summed E-state index contributed by atoms with van der Waals surface area (Å²) < 4.78 is 18.6. The molecule has 0 aliphatic carbocycles. The smallest absolute Gasteiger partial charge is 0.328 e. The molecule has 1 aromatic carbocycles. The zero-order chi connectivity index (χ0) is 18.8. The van der Waals surface area contributed by atoms with E-state index in [1.54, 1.807) is 18.2 Å². The maximum absolute atomic E-state index is 13.8. The first-order chi connectivity index (χ1) is 11.9. The summed E-state index contributed by atoms with van der Waals surface area (Å²) in [6.07, 6.45) is 2.01. The molecule has 0 aliphatic heterocycles. The van der Waals surface area contributed by atoms with E-state index in [9.17, 15) is 18.8 Å². The van der Waals surface area contributed by atoms with E-state index in [1.807, 2.05) is 6.92 Å². The maximum Gasteiger partial charge on any atom is 0.328 e. The molecule has 0 saturated heterocycles. The summed E-state index contributed by atoms with van der Waals surface area (Å²) in [4.78, 5) is 35.8. The van der Waals surface area contributed by atoms with Gasteiger partial charge in [-0.25, -0.2) is 9.18 Å². The Labute approximate surface area is 147 Å². The van der Waals surface area contributed by atoms with Gasteiger partial charge in [-0.15, -0.1) is 0 Å². The Morgan fingerprint density at radius 2 is 1.84 bits per heavy atom. The van der Waals surface area contributed by atoms with Crippen molar-refractivity contribution in [1.29, 1.82) is 0 Å². The fourth-order valence-electron chi connectivity index (χ4n) is 2.41. The number of benzene rings is 1. The van der Waals surface area contributed by atoms with Crippen molar-refractivity contribution in [2.24, 2.45) is 0 Å². The van der Waals surface area contributed by atoms with Crippen LogP contribution < -0.4 is 10.6 Å². The first-order valence-corrected chi connectivity index (χ1v) is 8.27. The number of unbranched alkanes of at least 4 members (excludes halogenated alkanes) is 1.